The summed E-state index contributed by atoms with van der Waals surface area (Å²) in [5, 5.41) is 9.09. The van der Waals surface area contributed by atoms with Crippen LogP contribution in [0.5, 0.6) is 0 Å². The third-order valence-electron chi connectivity index (χ3n) is 5.44. The number of hydrogen-bond donors (Lipinski definition) is 0. The SMILES string of the molecule is CCC[CH2][Sn]([CH2]CCC)([CH2]CCC)[c]1nnn(-c2cc(Br)cnc2F)c1C. The Morgan fingerprint density at radius 2 is 1.59 bits per heavy atom. The number of hydrogen-bond acceptors (Lipinski definition) is 3. The Labute approximate surface area is 175 Å². The summed E-state index contributed by atoms with van der Waals surface area (Å²) in [5.74, 6) is -0.505. The molecule has 0 fully saturated rings. The maximum absolute atomic E-state index is 14.3. The summed E-state index contributed by atoms with van der Waals surface area (Å²) in [7, 11) is 0. The monoisotopic (exact) mass is 546 g/mol. The van der Waals surface area contributed by atoms with Crippen LogP contribution in [0.15, 0.2) is 16.7 Å². The van der Waals surface area contributed by atoms with Crippen molar-refractivity contribution in [3.63, 3.8) is 0 Å². The molecule has 0 bridgehead atoms. The third-order valence-corrected chi connectivity index (χ3v) is 21.3. The fourth-order valence-corrected chi connectivity index (χ4v) is 20.4. The van der Waals surface area contributed by atoms with Gasteiger partial charge in [-0.05, 0) is 0 Å². The first-order valence-corrected chi connectivity index (χ1v) is 18.5. The van der Waals surface area contributed by atoms with E-state index in [1.165, 1.54) is 61.7 Å². The van der Waals surface area contributed by atoms with E-state index in [9.17, 15) is 4.39 Å². The van der Waals surface area contributed by atoms with Gasteiger partial charge in [-0.1, -0.05) is 0 Å². The van der Waals surface area contributed by atoms with E-state index in [-0.39, 0.29) is 0 Å². The molecule has 0 radical (unpaired) electrons. The molecular weight excluding hydrogens is 514 g/mol. The summed E-state index contributed by atoms with van der Waals surface area (Å²) in [4.78, 5) is 3.83. The Kier molecular flexibility index (Phi) is 9.18. The van der Waals surface area contributed by atoms with Crippen molar-refractivity contribution in [3.8, 4) is 5.69 Å². The van der Waals surface area contributed by atoms with E-state index >= 15 is 0 Å². The van der Waals surface area contributed by atoms with Crippen LogP contribution in [0, 0.1) is 12.9 Å². The van der Waals surface area contributed by atoms with E-state index in [0.717, 1.165) is 10.2 Å². The van der Waals surface area contributed by atoms with Gasteiger partial charge in [0.05, 0.1) is 0 Å². The molecule has 0 spiro atoms. The van der Waals surface area contributed by atoms with Crippen LogP contribution in [0.1, 0.15) is 65.0 Å². The molecule has 150 valence electrons. The first-order valence-electron chi connectivity index (χ1n) is 10.2. The van der Waals surface area contributed by atoms with Crippen LogP contribution in [-0.4, -0.2) is 38.4 Å². The molecule has 0 amide bonds. The first kappa shape index (κ1) is 22.8. The molecule has 0 aliphatic carbocycles. The number of aromatic nitrogens is 4. The maximum atomic E-state index is 14.3. The van der Waals surface area contributed by atoms with Crippen molar-refractivity contribution >= 4 is 38.0 Å². The van der Waals surface area contributed by atoms with Crippen molar-refractivity contribution in [1.82, 2.24) is 20.0 Å². The number of nitrogens with zero attached hydrogens (tertiary/aromatic N) is 4. The number of pyridine rings is 1. The van der Waals surface area contributed by atoms with Gasteiger partial charge in [0.1, 0.15) is 0 Å². The van der Waals surface area contributed by atoms with Crippen molar-refractivity contribution in [2.45, 2.75) is 79.5 Å². The van der Waals surface area contributed by atoms with E-state index in [0.29, 0.717) is 5.69 Å². The predicted octanol–water partition coefficient (Wildman–Crippen LogP) is 5.93. The molecule has 0 aliphatic heterocycles. The van der Waals surface area contributed by atoms with E-state index in [2.05, 4.69) is 53.8 Å². The van der Waals surface area contributed by atoms with Crippen LogP contribution in [0.2, 0.25) is 13.3 Å². The molecule has 0 saturated heterocycles. The van der Waals surface area contributed by atoms with Gasteiger partial charge in [-0.2, -0.15) is 0 Å². The zero-order valence-electron chi connectivity index (χ0n) is 17.1. The second-order valence-electron chi connectivity index (χ2n) is 7.49. The van der Waals surface area contributed by atoms with Gasteiger partial charge in [0, 0.05) is 0 Å². The molecule has 0 saturated carbocycles. The molecule has 4 nitrogen and oxygen atoms in total. The van der Waals surface area contributed by atoms with Gasteiger partial charge in [0.2, 0.25) is 0 Å². The zero-order chi connectivity index (χ0) is 19.9. The molecule has 2 rings (SSSR count). The fourth-order valence-electron chi connectivity index (χ4n) is 3.88. The van der Waals surface area contributed by atoms with Crippen molar-refractivity contribution in [1.29, 1.82) is 0 Å². The number of unbranched alkanes of at least 4 members (excludes halogenated alkanes) is 3. The van der Waals surface area contributed by atoms with Gasteiger partial charge in [-0.25, -0.2) is 0 Å². The first-order chi connectivity index (χ1) is 13.0. The van der Waals surface area contributed by atoms with Crippen molar-refractivity contribution in [2.24, 2.45) is 0 Å². The number of halogens is 2. The van der Waals surface area contributed by atoms with Crippen LogP contribution in [-0.2, 0) is 0 Å². The normalized spacial score (nSPS) is 11.9. The Morgan fingerprint density at radius 1 is 1.04 bits per heavy atom. The Hall–Kier alpha value is -0.501. The second-order valence-corrected chi connectivity index (χ2v) is 21.3. The van der Waals surface area contributed by atoms with Crippen LogP contribution >= 0.6 is 15.9 Å². The summed E-state index contributed by atoms with van der Waals surface area (Å²) in [6.07, 6.45) is 8.92. The van der Waals surface area contributed by atoms with Crippen LogP contribution in [0.3, 0.4) is 0 Å². The molecule has 0 N–H and O–H groups in total. The molecule has 0 aromatic carbocycles. The average molecular weight is 546 g/mol. The topological polar surface area (TPSA) is 43.6 Å². The second kappa shape index (κ2) is 10.9. The molecule has 2 aromatic rings. The predicted molar refractivity (Wildman–Crippen MR) is 116 cm³/mol. The minimum absolute atomic E-state index is 0.377. The summed E-state index contributed by atoms with van der Waals surface area (Å²) in [5.41, 5.74) is 1.40. The molecule has 2 aromatic heterocycles. The molecule has 2 heterocycles. The Morgan fingerprint density at radius 3 is 2.11 bits per heavy atom. The van der Waals surface area contributed by atoms with Crippen molar-refractivity contribution in [3.05, 3.63) is 28.4 Å². The molecule has 0 atom stereocenters. The minimum atomic E-state index is -2.69. The Bertz CT molecular complexity index is 713. The molecular formula is C20H32BrFN4Sn. The zero-order valence-corrected chi connectivity index (χ0v) is 21.5. The van der Waals surface area contributed by atoms with Gasteiger partial charge >= 0.3 is 176 Å². The van der Waals surface area contributed by atoms with Gasteiger partial charge in [0.25, 0.3) is 0 Å². The van der Waals surface area contributed by atoms with E-state index in [1.807, 2.05) is 0 Å². The van der Waals surface area contributed by atoms with Gasteiger partial charge in [-0.15, -0.1) is 0 Å². The summed E-state index contributed by atoms with van der Waals surface area (Å²) < 4.78 is 22.0. The summed E-state index contributed by atoms with van der Waals surface area (Å²) in [6, 6.07) is 1.73. The van der Waals surface area contributed by atoms with Crippen LogP contribution in [0.25, 0.3) is 5.69 Å². The summed E-state index contributed by atoms with van der Waals surface area (Å²) in [6.45, 7) is 8.86. The molecule has 0 aliphatic rings. The fraction of sp³-hybridized carbons (Fsp3) is 0.650. The van der Waals surface area contributed by atoms with Crippen LogP contribution in [0.4, 0.5) is 4.39 Å². The van der Waals surface area contributed by atoms with E-state index < -0.39 is 24.3 Å². The Balaban J connectivity index is 2.51. The number of rotatable bonds is 11. The molecule has 27 heavy (non-hydrogen) atoms. The average Bonchev–Trinajstić information content (AvgIpc) is 3.05. The van der Waals surface area contributed by atoms with Gasteiger partial charge in [-0.3, -0.25) is 0 Å². The summed E-state index contributed by atoms with van der Waals surface area (Å²) >= 11 is 0.697. The molecule has 0 unspecified atom stereocenters. The van der Waals surface area contributed by atoms with Gasteiger partial charge in [0.15, 0.2) is 0 Å². The van der Waals surface area contributed by atoms with Gasteiger partial charge < -0.3 is 0 Å². The van der Waals surface area contributed by atoms with E-state index in [1.54, 1.807) is 10.7 Å². The standard InChI is InChI=1S/C8H5BrFN4.3C4H9.Sn/c1-5-3-12-13-14(5)7-2-6(9)4-11-8(7)10;3*1-3-4-2;/h2,4H,1H3;3*1,3-4H2,2H3;. The van der Waals surface area contributed by atoms with Crippen molar-refractivity contribution in [2.75, 3.05) is 0 Å². The van der Waals surface area contributed by atoms with Crippen molar-refractivity contribution < 1.29 is 4.39 Å². The van der Waals surface area contributed by atoms with Crippen LogP contribution < -0.4 is 3.71 Å². The molecule has 7 heteroatoms. The third kappa shape index (κ3) is 5.52. The quantitative estimate of drug-likeness (QED) is 0.260. The van der Waals surface area contributed by atoms with E-state index in [4.69, 9.17) is 5.10 Å².